The van der Waals surface area contributed by atoms with Crippen LogP contribution >= 0.6 is 15.9 Å². The first-order chi connectivity index (χ1) is 10.0. The third kappa shape index (κ3) is 4.20. The van der Waals surface area contributed by atoms with Gasteiger partial charge in [0.05, 0.1) is 4.47 Å². The zero-order valence-corrected chi connectivity index (χ0v) is 14.4. The molecule has 0 bridgehead atoms. The van der Waals surface area contributed by atoms with E-state index in [9.17, 15) is 4.79 Å². The molecule has 0 saturated carbocycles. The van der Waals surface area contributed by atoms with Crippen molar-refractivity contribution < 1.29 is 9.53 Å². The Labute approximate surface area is 135 Å². The summed E-state index contributed by atoms with van der Waals surface area (Å²) in [6, 6.07) is 5.87. The third-order valence-corrected chi connectivity index (χ3v) is 4.45. The lowest BCUT2D eigenvalue weighted by Gasteiger charge is -2.22. The van der Waals surface area contributed by atoms with Crippen LogP contribution in [0.3, 0.4) is 0 Å². The van der Waals surface area contributed by atoms with Crippen LogP contribution in [0, 0.1) is 12.8 Å². The van der Waals surface area contributed by atoms with Gasteiger partial charge in [-0.2, -0.15) is 0 Å². The number of nitrogens with one attached hydrogen (secondary N) is 1. The highest BCUT2D eigenvalue weighted by molar-refractivity contribution is 9.10. The van der Waals surface area contributed by atoms with Gasteiger partial charge in [0.15, 0.2) is 6.10 Å². The molecule has 1 aliphatic heterocycles. The summed E-state index contributed by atoms with van der Waals surface area (Å²) in [5.74, 6) is 1.34. The molecule has 0 radical (unpaired) electrons. The molecule has 0 unspecified atom stereocenters. The standard InChI is InChI=1S/C16H23BrN2O2/c1-11-4-5-15(14(17)8-11)21-12(2)16(20)19-7-6-13(10-19)9-18-3/h4-5,8,12-13,18H,6-7,9-10H2,1-3H3/t12-,13-/m0/s1. The largest absolute Gasteiger partial charge is 0.480 e. The molecule has 2 atom stereocenters. The average Bonchev–Trinajstić information content (AvgIpc) is 2.90. The summed E-state index contributed by atoms with van der Waals surface area (Å²) in [6.07, 6.45) is 0.602. The summed E-state index contributed by atoms with van der Waals surface area (Å²) in [5.41, 5.74) is 1.16. The van der Waals surface area contributed by atoms with Gasteiger partial charge in [-0.05, 0) is 73.4 Å². The van der Waals surface area contributed by atoms with Crippen molar-refractivity contribution in [3.8, 4) is 5.75 Å². The second-order valence-electron chi connectivity index (χ2n) is 5.69. The van der Waals surface area contributed by atoms with Crippen molar-refractivity contribution in [2.75, 3.05) is 26.7 Å². The lowest BCUT2D eigenvalue weighted by Crippen LogP contribution is -2.39. The maximum atomic E-state index is 12.4. The molecule has 0 spiro atoms. The summed E-state index contributed by atoms with van der Waals surface area (Å²) >= 11 is 3.48. The highest BCUT2D eigenvalue weighted by Crippen LogP contribution is 2.27. The van der Waals surface area contributed by atoms with Crippen LogP contribution in [0.25, 0.3) is 0 Å². The molecule has 5 heteroatoms. The minimum Gasteiger partial charge on any atom is -0.480 e. The van der Waals surface area contributed by atoms with E-state index in [2.05, 4.69) is 21.2 Å². The number of ether oxygens (including phenoxy) is 1. The van der Waals surface area contributed by atoms with E-state index in [4.69, 9.17) is 4.74 Å². The second kappa shape index (κ2) is 7.27. The Kier molecular flexibility index (Phi) is 5.65. The number of rotatable bonds is 5. The van der Waals surface area contributed by atoms with Gasteiger partial charge >= 0.3 is 0 Å². The van der Waals surface area contributed by atoms with E-state index >= 15 is 0 Å². The molecule has 1 aromatic carbocycles. The number of likely N-dealkylation sites (tertiary alicyclic amines) is 1. The predicted octanol–water partition coefficient (Wildman–Crippen LogP) is 2.59. The van der Waals surface area contributed by atoms with Gasteiger partial charge in [-0.3, -0.25) is 4.79 Å². The van der Waals surface area contributed by atoms with E-state index in [0.29, 0.717) is 11.7 Å². The van der Waals surface area contributed by atoms with Crippen LogP contribution < -0.4 is 10.1 Å². The van der Waals surface area contributed by atoms with E-state index in [1.165, 1.54) is 0 Å². The van der Waals surface area contributed by atoms with Crippen molar-refractivity contribution in [1.82, 2.24) is 10.2 Å². The molecule has 21 heavy (non-hydrogen) atoms. The van der Waals surface area contributed by atoms with Crippen LogP contribution in [0.4, 0.5) is 0 Å². The van der Waals surface area contributed by atoms with Gasteiger partial charge in [-0.25, -0.2) is 0 Å². The van der Waals surface area contributed by atoms with Crippen LogP contribution in [0.2, 0.25) is 0 Å². The Bertz CT molecular complexity index is 507. The fourth-order valence-electron chi connectivity index (χ4n) is 2.69. The Hall–Kier alpha value is -1.07. The van der Waals surface area contributed by atoms with E-state index < -0.39 is 6.10 Å². The summed E-state index contributed by atoms with van der Waals surface area (Å²) in [4.78, 5) is 14.4. The molecule has 2 rings (SSSR count). The van der Waals surface area contributed by atoms with Crippen molar-refractivity contribution >= 4 is 21.8 Å². The van der Waals surface area contributed by atoms with Gasteiger partial charge in [-0.1, -0.05) is 6.07 Å². The number of hydrogen-bond acceptors (Lipinski definition) is 3. The normalized spacial score (nSPS) is 19.6. The van der Waals surface area contributed by atoms with Crippen LogP contribution in [-0.4, -0.2) is 43.6 Å². The molecule has 1 heterocycles. The Morgan fingerprint density at radius 2 is 2.33 bits per heavy atom. The molecule has 0 aromatic heterocycles. The van der Waals surface area contributed by atoms with E-state index in [0.717, 1.165) is 36.1 Å². The summed E-state index contributed by atoms with van der Waals surface area (Å²) < 4.78 is 6.70. The fourth-order valence-corrected chi connectivity index (χ4v) is 3.27. The lowest BCUT2D eigenvalue weighted by molar-refractivity contribution is -0.137. The van der Waals surface area contributed by atoms with Gasteiger partial charge in [-0.15, -0.1) is 0 Å². The highest BCUT2D eigenvalue weighted by atomic mass is 79.9. The van der Waals surface area contributed by atoms with Crippen molar-refractivity contribution in [2.24, 2.45) is 5.92 Å². The molecular formula is C16H23BrN2O2. The van der Waals surface area contributed by atoms with Crippen LogP contribution in [-0.2, 0) is 4.79 Å². The first-order valence-electron chi connectivity index (χ1n) is 7.37. The SMILES string of the molecule is CNC[C@@H]1CCN(C(=O)[C@H](C)Oc2ccc(C)cc2Br)C1. The number of hydrogen-bond donors (Lipinski definition) is 1. The Balaban J connectivity index is 1.94. The number of carbonyl (C=O) groups excluding carboxylic acids is 1. The van der Waals surface area contributed by atoms with Crippen molar-refractivity contribution in [2.45, 2.75) is 26.4 Å². The molecule has 0 aliphatic carbocycles. The van der Waals surface area contributed by atoms with Gasteiger partial charge in [0, 0.05) is 13.1 Å². The molecule has 1 amide bonds. The zero-order chi connectivity index (χ0) is 15.4. The Morgan fingerprint density at radius 1 is 1.57 bits per heavy atom. The van der Waals surface area contributed by atoms with Gasteiger partial charge in [0.2, 0.25) is 0 Å². The summed E-state index contributed by atoms with van der Waals surface area (Å²) in [5, 5.41) is 3.18. The maximum absolute atomic E-state index is 12.4. The quantitative estimate of drug-likeness (QED) is 0.883. The number of carbonyl (C=O) groups is 1. The number of halogens is 1. The molecule has 1 N–H and O–H groups in total. The molecule has 1 saturated heterocycles. The van der Waals surface area contributed by atoms with Crippen molar-refractivity contribution in [1.29, 1.82) is 0 Å². The predicted molar refractivity (Wildman–Crippen MR) is 87.6 cm³/mol. The van der Waals surface area contributed by atoms with E-state index in [-0.39, 0.29) is 5.91 Å². The van der Waals surface area contributed by atoms with Gasteiger partial charge in [0.25, 0.3) is 5.91 Å². The first-order valence-corrected chi connectivity index (χ1v) is 8.16. The monoisotopic (exact) mass is 354 g/mol. The second-order valence-corrected chi connectivity index (χ2v) is 6.54. The summed E-state index contributed by atoms with van der Waals surface area (Å²) in [6.45, 7) is 6.45. The molecular weight excluding hydrogens is 332 g/mol. The van der Waals surface area contributed by atoms with Gasteiger partial charge in [0.1, 0.15) is 5.75 Å². The van der Waals surface area contributed by atoms with Crippen LogP contribution in [0.15, 0.2) is 22.7 Å². The number of aryl methyl sites for hydroxylation is 1. The number of amides is 1. The lowest BCUT2D eigenvalue weighted by atomic mass is 10.1. The minimum atomic E-state index is -0.461. The van der Waals surface area contributed by atoms with E-state index in [1.54, 1.807) is 0 Å². The number of benzene rings is 1. The smallest absolute Gasteiger partial charge is 0.263 e. The first kappa shape index (κ1) is 16.3. The summed E-state index contributed by atoms with van der Waals surface area (Å²) in [7, 11) is 1.95. The zero-order valence-electron chi connectivity index (χ0n) is 12.9. The van der Waals surface area contributed by atoms with Crippen LogP contribution in [0.1, 0.15) is 18.9 Å². The minimum absolute atomic E-state index is 0.0704. The van der Waals surface area contributed by atoms with Crippen LogP contribution in [0.5, 0.6) is 5.75 Å². The number of nitrogens with zero attached hydrogens (tertiary/aromatic N) is 1. The Morgan fingerprint density at radius 3 is 3.00 bits per heavy atom. The molecule has 4 nitrogen and oxygen atoms in total. The molecule has 116 valence electrons. The molecule has 1 aromatic rings. The van der Waals surface area contributed by atoms with Crippen molar-refractivity contribution in [3.63, 3.8) is 0 Å². The molecule has 1 aliphatic rings. The topological polar surface area (TPSA) is 41.6 Å². The van der Waals surface area contributed by atoms with Crippen molar-refractivity contribution in [3.05, 3.63) is 28.2 Å². The van der Waals surface area contributed by atoms with E-state index in [1.807, 2.05) is 44.0 Å². The average molecular weight is 355 g/mol. The molecule has 1 fully saturated rings. The fraction of sp³-hybridized carbons (Fsp3) is 0.562. The third-order valence-electron chi connectivity index (χ3n) is 3.83. The maximum Gasteiger partial charge on any atom is 0.263 e. The highest BCUT2D eigenvalue weighted by Gasteiger charge is 2.29. The van der Waals surface area contributed by atoms with Gasteiger partial charge < -0.3 is 15.0 Å².